The van der Waals surface area contributed by atoms with Crippen molar-refractivity contribution in [2.75, 3.05) is 0 Å². The predicted molar refractivity (Wildman–Crippen MR) is 84.0 cm³/mol. The smallest absolute Gasteiger partial charge is 0.282 e. The number of hydrogen-bond acceptors (Lipinski definition) is 4. The zero-order valence-electron chi connectivity index (χ0n) is 11.9. The fraction of sp³-hybridized carbons (Fsp3) is 0. The van der Waals surface area contributed by atoms with E-state index in [-0.39, 0.29) is 5.82 Å². The van der Waals surface area contributed by atoms with Gasteiger partial charge in [0.2, 0.25) is 0 Å². The standard InChI is InChI=1S/C18H11FN2O2/c19-13-8-5-12(6-9-13)7-10-14-11-17-18(21-20-14)23-16-4-2-1-3-15(16)22-17/h1-11H/b10-7+. The molecule has 0 radical (unpaired) electrons. The van der Waals surface area contributed by atoms with Crippen LogP contribution in [-0.4, -0.2) is 10.2 Å². The minimum Gasteiger partial charge on any atom is -0.448 e. The third-order valence-electron chi connectivity index (χ3n) is 3.34. The van der Waals surface area contributed by atoms with E-state index >= 15 is 0 Å². The molecule has 1 aliphatic heterocycles. The van der Waals surface area contributed by atoms with Crippen LogP contribution in [0.3, 0.4) is 0 Å². The minimum absolute atomic E-state index is 0.264. The number of halogens is 1. The molecule has 0 saturated heterocycles. The Hall–Kier alpha value is -3.21. The number of para-hydroxylation sites is 2. The van der Waals surface area contributed by atoms with Crippen molar-refractivity contribution in [1.82, 2.24) is 10.2 Å². The fourth-order valence-corrected chi connectivity index (χ4v) is 2.20. The van der Waals surface area contributed by atoms with Crippen molar-refractivity contribution in [2.24, 2.45) is 0 Å². The maximum atomic E-state index is 12.9. The zero-order valence-corrected chi connectivity index (χ0v) is 11.9. The molecule has 0 saturated carbocycles. The topological polar surface area (TPSA) is 44.2 Å². The largest absolute Gasteiger partial charge is 0.448 e. The van der Waals surface area contributed by atoms with E-state index in [9.17, 15) is 4.39 Å². The molecule has 0 bridgehead atoms. The van der Waals surface area contributed by atoms with Crippen LogP contribution in [0.5, 0.6) is 23.1 Å². The van der Waals surface area contributed by atoms with Crippen molar-refractivity contribution in [1.29, 1.82) is 0 Å². The Bertz CT molecular complexity index is 892. The van der Waals surface area contributed by atoms with Gasteiger partial charge in [0.15, 0.2) is 17.2 Å². The lowest BCUT2D eigenvalue weighted by Gasteiger charge is -2.18. The number of benzene rings is 2. The van der Waals surface area contributed by atoms with Crippen LogP contribution in [0.1, 0.15) is 11.3 Å². The number of fused-ring (bicyclic) bond motifs is 2. The number of aromatic nitrogens is 2. The molecular weight excluding hydrogens is 295 g/mol. The average molecular weight is 306 g/mol. The first-order valence-electron chi connectivity index (χ1n) is 7.04. The highest BCUT2D eigenvalue weighted by atomic mass is 19.1. The molecule has 0 fully saturated rings. The molecule has 0 amide bonds. The van der Waals surface area contributed by atoms with Gasteiger partial charge in [0.1, 0.15) is 5.82 Å². The van der Waals surface area contributed by atoms with Crippen molar-refractivity contribution >= 4 is 12.2 Å². The highest BCUT2D eigenvalue weighted by Crippen LogP contribution is 2.43. The Morgan fingerprint density at radius 3 is 2.30 bits per heavy atom. The first-order valence-corrected chi connectivity index (χ1v) is 7.04. The molecule has 4 nitrogen and oxygen atoms in total. The van der Waals surface area contributed by atoms with Crippen LogP contribution in [0.15, 0.2) is 54.6 Å². The molecule has 1 aliphatic rings. The first kappa shape index (κ1) is 13.5. The number of nitrogens with zero attached hydrogens (tertiary/aromatic N) is 2. The van der Waals surface area contributed by atoms with Crippen LogP contribution >= 0.6 is 0 Å². The molecular formula is C18H11FN2O2. The van der Waals surface area contributed by atoms with Gasteiger partial charge in [0.25, 0.3) is 5.88 Å². The monoisotopic (exact) mass is 306 g/mol. The molecule has 1 aromatic heterocycles. The lowest BCUT2D eigenvalue weighted by atomic mass is 10.2. The van der Waals surface area contributed by atoms with Gasteiger partial charge in [-0.3, -0.25) is 0 Å². The second kappa shape index (κ2) is 5.53. The molecule has 0 unspecified atom stereocenters. The van der Waals surface area contributed by atoms with Gasteiger partial charge in [-0.15, -0.1) is 10.2 Å². The summed E-state index contributed by atoms with van der Waals surface area (Å²) in [5.41, 5.74) is 1.49. The third kappa shape index (κ3) is 2.76. The Kier molecular flexibility index (Phi) is 3.24. The van der Waals surface area contributed by atoms with Crippen molar-refractivity contribution in [3.8, 4) is 23.1 Å². The summed E-state index contributed by atoms with van der Waals surface area (Å²) in [6.45, 7) is 0. The number of rotatable bonds is 2. The predicted octanol–water partition coefficient (Wildman–Crippen LogP) is 4.68. The van der Waals surface area contributed by atoms with Gasteiger partial charge in [0, 0.05) is 6.07 Å². The number of hydrogen-bond donors (Lipinski definition) is 0. The molecule has 5 heteroatoms. The van der Waals surface area contributed by atoms with E-state index in [1.54, 1.807) is 24.3 Å². The molecule has 112 valence electrons. The van der Waals surface area contributed by atoms with E-state index < -0.39 is 0 Å². The molecule has 0 N–H and O–H groups in total. The second-order valence-electron chi connectivity index (χ2n) is 4.97. The number of ether oxygens (including phenoxy) is 2. The summed E-state index contributed by atoms with van der Waals surface area (Å²) in [7, 11) is 0. The van der Waals surface area contributed by atoms with Crippen molar-refractivity contribution in [3.05, 3.63) is 71.7 Å². The van der Waals surface area contributed by atoms with Crippen LogP contribution in [-0.2, 0) is 0 Å². The summed E-state index contributed by atoms with van der Waals surface area (Å²) < 4.78 is 24.3. The molecule has 0 spiro atoms. The van der Waals surface area contributed by atoms with Gasteiger partial charge in [-0.1, -0.05) is 30.3 Å². The van der Waals surface area contributed by atoms with Crippen LogP contribution in [0, 0.1) is 5.82 Å². The van der Waals surface area contributed by atoms with E-state index in [4.69, 9.17) is 9.47 Å². The van der Waals surface area contributed by atoms with Gasteiger partial charge in [-0.05, 0) is 35.9 Å². The Balaban J connectivity index is 1.60. The van der Waals surface area contributed by atoms with Crippen molar-refractivity contribution < 1.29 is 13.9 Å². The van der Waals surface area contributed by atoms with Gasteiger partial charge >= 0.3 is 0 Å². The van der Waals surface area contributed by atoms with Crippen LogP contribution < -0.4 is 9.47 Å². The lowest BCUT2D eigenvalue weighted by molar-refractivity contribution is 0.343. The van der Waals surface area contributed by atoms with E-state index in [1.165, 1.54) is 12.1 Å². The zero-order chi connectivity index (χ0) is 15.6. The molecule has 23 heavy (non-hydrogen) atoms. The normalized spacial score (nSPS) is 12.2. The van der Waals surface area contributed by atoms with E-state index in [2.05, 4.69) is 10.2 Å². The first-order chi connectivity index (χ1) is 11.3. The van der Waals surface area contributed by atoms with Gasteiger partial charge in [-0.2, -0.15) is 0 Å². The maximum Gasteiger partial charge on any atom is 0.282 e. The second-order valence-corrected chi connectivity index (χ2v) is 4.97. The molecule has 0 atom stereocenters. The average Bonchev–Trinajstić information content (AvgIpc) is 2.59. The Morgan fingerprint density at radius 1 is 0.783 bits per heavy atom. The van der Waals surface area contributed by atoms with Gasteiger partial charge < -0.3 is 9.47 Å². The van der Waals surface area contributed by atoms with Gasteiger partial charge in [0.05, 0.1) is 5.69 Å². The Labute approximate surface area is 131 Å². The van der Waals surface area contributed by atoms with E-state index in [0.29, 0.717) is 28.8 Å². The summed E-state index contributed by atoms with van der Waals surface area (Å²) in [4.78, 5) is 0. The summed E-state index contributed by atoms with van der Waals surface area (Å²) in [6.07, 6.45) is 3.61. The highest BCUT2D eigenvalue weighted by molar-refractivity contribution is 5.68. The van der Waals surface area contributed by atoms with Crippen LogP contribution in [0.2, 0.25) is 0 Å². The third-order valence-corrected chi connectivity index (χ3v) is 3.34. The molecule has 2 aromatic carbocycles. The summed E-state index contributed by atoms with van der Waals surface area (Å²) in [5, 5.41) is 8.12. The maximum absolute atomic E-state index is 12.9. The SMILES string of the molecule is Fc1ccc(/C=C/c2cc3c(nn2)Oc2ccccc2O3)cc1. The summed E-state index contributed by atoms with van der Waals surface area (Å²) in [5.74, 6) is 1.84. The van der Waals surface area contributed by atoms with Crippen molar-refractivity contribution in [3.63, 3.8) is 0 Å². The molecule has 2 heterocycles. The molecule has 3 aromatic rings. The Morgan fingerprint density at radius 2 is 1.52 bits per heavy atom. The highest BCUT2D eigenvalue weighted by Gasteiger charge is 2.20. The summed E-state index contributed by atoms with van der Waals surface area (Å²) in [6, 6.07) is 15.3. The minimum atomic E-state index is -0.264. The van der Waals surface area contributed by atoms with E-state index in [1.807, 2.05) is 30.3 Å². The summed E-state index contributed by atoms with van der Waals surface area (Å²) >= 11 is 0. The quantitative estimate of drug-likeness (QED) is 0.539. The van der Waals surface area contributed by atoms with E-state index in [0.717, 1.165) is 5.56 Å². The molecule has 0 aliphatic carbocycles. The lowest BCUT2D eigenvalue weighted by Crippen LogP contribution is -2.02. The van der Waals surface area contributed by atoms with Gasteiger partial charge in [-0.25, -0.2) is 4.39 Å². The molecule has 4 rings (SSSR count). The van der Waals surface area contributed by atoms with Crippen molar-refractivity contribution in [2.45, 2.75) is 0 Å². The van der Waals surface area contributed by atoms with Crippen LogP contribution in [0.4, 0.5) is 4.39 Å². The van der Waals surface area contributed by atoms with Crippen LogP contribution in [0.25, 0.3) is 12.2 Å². The fourth-order valence-electron chi connectivity index (χ4n) is 2.20.